The number of nitrogens with zero attached hydrogens (tertiary/aromatic N) is 1. The van der Waals surface area contributed by atoms with Gasteiger partial charge in [-0.3, -0.25) is 14.5 Å². The Balaban J connectivity index is 1.86. The largest absolute Gasteiger partial charge is 0.274 e. The van der Waals surface area contributed by atoms with Crippen LogP contribution < -0.4 is 4.90 Å². The number of anilines is 1. The summed E-state index contributed by atoms with van der Waals surface area (Å²) in [5.41, 5.74) is 0.356. The average molecular weight is 309 g/mol. The van der Waals surface area contributed by atoms with E-state index >= 15 is 0 Å². The predicted octanol–water partition coefficient (Wildman–Crippen LogP) is 3.80. The van der Waals surface area contributed by atoms with Crippen molar-refractivity contribution in [3.8, 4) is 0 Å². The Morgan fingerprint density at radius 3 is 2.22 bits per heavy atom. The van der Waals surface area contributed by atoms with E-state index in [2.05, 4.69) is 32.9 Å². The fraction of sp³-hybridized carbons (Fsp3) is 0.500. The summed E-state index contributed by atoms with van der Waals surface area (Å²) in [4.78, 5) is 27.9. The maximum absolute atomic E-state index is 13.3. The lowest BCUT2D eigenvalue weighted by Crippen LogP contribution is -2.53. The Kier molecular flexibility index (Phi) is 2.91. The highest BCUT2D eigenvalue weighted by atomic mass is 16.2. The summed E-state index contributed by atoms with van der Waals surface area (Å²) in [7, 11) is 0. The lowest BCUT2D eigenvalue weighted by Gasteiger charge is -2.55. The number of rotatable bonds is 2. The highest BCUT2D eigenvalue weighted by molar-refractivity contribution is 6.23. The molecule has 0 radical (unpaired) electrons. The van der Waals surface area contributed by atoms with Gasteiger partial charge in [0.15, 0.2) is 0 Å². The van der Waals surface area contributed by atoms with Crippen molar-refractivity contribution in [3.63, 3.8) is 0 Å². The second kappa shape index (κ2) is 4.56. The summed E-state index contributed by atoms with van der Waals surface area (Å²) in [6.45, 7) is 6.50. The molecule has 4 aliphatic rings. The number of hydrogen-bond acceptors (Lipinski definition) is 2. The summed E-state index contributed by atoms with van der Waals surface area (Å²) in [5, 5.41) is 0. The van der Waals surface area contributed by atoms with Gasteiger partial charge in [-0.05, 0) is 36.3 Å². The van der Waals surface area contributed by atoms with Crippen LogP contribution in [-0.2, 0) is 9.59 Å². The Morgan fingerprint density at radius 1 is 1.00 bits per heavy atom. The number of carbonyl (C=O) groups is 2. The van der Waals surface area contributed by atoms with E-state index < -0.39 is 0 Å². The molecule has 0 aromatic heterocycles. The standard InChI is InChI=1S/C20H23NO2/c1-13(2)20-11-9-19(3,10-12-20)15-16(20)18(23)21(17(15)22)14-7-5-4-6-8-14/h4-9,11,13,15-16H,10,12H2,1-3H3/t15-,16+,19+,20-/m0/s1. The lowest BCUT2D eigenvalue weighted by atomic mass is 9.46. The molecular weight excluding hydrogens is 286 g/mol. The molecule has 1 aromatic rings. The Morgan fingerprint density at radius 2 is 1.65 bits per heavy atom. The summed E-state index contributed by atoms with van der Waals surface area (Å²) >= 11 is 0. The lowest BCUT2D eigenvalue weighted by molar-refractivity contribution is -0.135. The minimum absolute atomic E-state index is 0.00447. The second-order valence-electron chi connectivity index (χ2n) is 7.91. The monoisotopic (exact) mass is 309 g/mol. The predicted molar refractivity (Wildman–Crippen MR) is 89.7 cm³/mol. The van der Waals surface area contributed by atoms with Gasteiger partial charge in [-0.25, -0.2) is 0 Å². The van der Waals surface area contributed by atoms with Crippen LogP contribution >= 0.6 is 0 Å². The van der Waals surface area contributed by atoms with E-state index in [0.717, 1.165) is 12.8 Å². The zero-order valence-corrected chi connectivity index (χ0v) is 14.0. The third-order valence-electron chi connectivity index (χ3n) is 6.56. The average Bonchev–Trinajstić information content (AvgIpc) is 2.83. The molecule has 2 bridgehead atoms. The summed E-state index contributed by atoms with van der Waals surface area (Å²) < 4.78 is 0. The third kappa shape index (κ3) is 1.71. The highest BCUT2D eigenvalue weighted by Crippen LogP contribution is 2.64. The van der Waals surface area contributed by atoms with Crippen molar-refractivity contribution in [2.24, 2.45) is 28.6 Å². The Bertz CT molecular complexity index is 708. The Labute approximate surface area is 137 Å². The molecule has 1 heterocycles. The molecule has 5 rings (SSSR count). The molecule has 2 fully saturated rings. The first-order chi connectivity index (χ1) is 10.9. The third-order valence-corrected chi connectivity index (χ3v) is 6.56. The van der Waals surface area contributed by atoms with Crippen molar-refractivity contribution >= 4 is 17.5 Å². The molecular formula is C20H23NO2. The molecule has 120 valence electrons. The molecule has 0 unspecified atom stereocenters. The van der Waals surface area contributed by atoms with Crippen molar-refractivity contribution < 1.29 is 9.59 Å². The molecule has 1 aromatic carbocycles. The zero-order valence-electron chi connectivity index (χ0n) is 14.0. The molecule has 23 heavy (non-hydrogen) atoms. The molecule has 1 aliphatic heterocycles. The van der Waals surface area contributed by atoms with E-state index in [0.29, 0.717) is 11.6 Å². The van der Waals surface area contributed by atoms with Crippen molar-refractivity contribution in [2.75, 3.05) is 4.90 Å². The van der Waals surface area contributed by atoms with Gasteiger partial charge in [0.05, 0.1) is 17.5 Å². The van der Waals surface area contributed by atoms with Gasteiger partial charge in [-0.1, -0.05) is 51.1 Å². The first-order valence-electron chi connectivity index (χ1n) is 8.54. The molecule has 4 atom stereocenters. The highest BCUT2D eigenvalue weighted by Gasteiger charge is 2.67. The van der Waals surface area contributed by atoms with Crippen molar-refractivity contribution in [2.45, 2.75) is 33.6 Å². The zero-order chi connectivity index (χ0) is 16.4. The maximum atomic E-state index is 13.3. The van der Waals surface area contributed by atoms with Crippen LogP contribution in [0.3, 0.4) is 0 Å². The fourth-order valence-electron chi connectivity index (χ4n) is 5.06. The van der Waals surface area contributed by atoms with Gasteiger partial charge in [0, 0.05) is 5.41 Å². The fourth-order valence-corrected chi connectivity index (χ4v) is 5.06. The van der Waals surface area contributed by atoms with Crippen molar-refractivity contribution in [3.05, 3.63) is 42.5 Å². The molecule has 1 saturated carbocycles. The second-order valence-corrected chi connectivity index (χ2v) is 7.91. The number of allylic oxidation sites excluding steroid dienone is 2. The normalized spacial score (nSPS) is 38.5. The minimum Gasteiger partial charge on any atom is -0.274 e. The van der Waals surface area contributed by atoms with Gasteiger partial charge in [0.1, 0.15) is 0 Å². The van der Waals surface area contributed by atoms with Crippen LogP contribution in [0.25, 0.3) is 0 Å². The number of imide groups is 1. The van der Waals surface area contributed by atoms with Gasteiger partial charge in [0.2, 0.25) is 11.8 Å². The first kappa shape index (κ1) is 14.7. The molecule has 0 spiro atoms. The van der Waals surface area contributed by atoms with Crippen LogP contribution in [0, 0.1) is 28.6 Å². The number of hydrogen-bond donors (Lipinski definition) is 0. The molecule has 3 aliphatic carbocycles. The number of carbonyl (C=O) groups excluding carboxylic acids is 2. The van der Waals surface area contributed by atoms with Crippen LogP contribution in [0.1, 0.15) is 33.6 Å². The van der Waals surface area contributed by atoms with E-state index in [1.165, 1.54) is 4.90 Å². The SMILES string of the molecule is CC(C)[C@]12C=C[C@](C)(CC1)[C@@H]1C(=O)N(c3ccccc3)C(=O)[C@@H]12. The van der Waals surface area contributed by atoms with E-state index in [1.807, 2.05) is 30.3 Å². The van der Waals surface area contributed by atoms with Gasteiger partial charge >= 0.3 is 0 Å². The van der Waals surface area contributed by atoms with Crippen LogP contribution in [0.2, 0.25) is 0 Å². The van der Waals surface area contributed by atoms with E-state index in [9.17, 15) is 9.59 Å². The number of fused-ring (bicyclic) bond motifs is 1. The van der Waals surface area contributed by atoms with E-state index in [1.54, 1.807) is 0 Å². The van der Waals surface area contributed by atoms with Gasteiger partial charge in [-0.2, -0.15) is 0 Å². The summed E-state index contributed by atoms with van der Waals surface area (Å²) in [6, 6.07) is 9.37. The van der Waals surface area contributed by atoms with Crippen LogP contribution in [0.15, 0.2) is 42.5 Å². The topological polar surface area (TPSA) is 37.4 Å². The number of para-hydroxylation sites is 1. The molecule has 0 N–H and O–H groups in total. The van der Waals surface area contributed by atoms with Gasteiger partial charge < -0.3 is 0 Å². The van der Waals surface area contributed by atoms with Gasteiger partial charge in [-0.15, -0.1) is 0 Å². The molecule has 1 saturated heterocycles. The van der Waals surface area contributed by atoms with E-state index in [-0.39, 0.29) is 34.5 Å². The quantitative estimate of drug-likeness (QED) is 0.615. The smallest absolute Gasteiger partial charge is 0.238 e. The maximum Gasteiger partial charge on any atom is 0.238 e. The first-order valence-corrected chi connectivity index (χ1v) is 8.54. The minimum atomic E-state index is -0.212. The molecule has 3 heteroatoms. The summed E-state index contributed by atoms with van der Waals surface area (Å²) in [6.07, 6.45) is 6.46. The van der Waals surface area contributed by atoms with Gasteiger partial charge in [0.25, 0.3) is 0 Å². The molecule has 3 nitrogen and oxygen atoms in total. The van der Waals surface area contributed by atoms with E-state index in [4.69, 9.17) is 0 Å². The van der Waals surface area contributed by atoms with Crippen LogP contribution in [-0.4, -0.2) is 11.8 Å². The molecule has 2 amide bonds. The summed E-state index contributed by atoms with van der Waals surface area (Å²) in [5.74, 6) is -0.0863. The number of benzene rings is 1. The van der Waals surface area contributed by atoms with Crippen LogP contribution in [0.5, 0.6) is 0 Å². The van der Waals surface area contributed by atoms with Crippen molar-refractivity contribution in [1.82, 2.24) is 0 Å². The Hall–Kier alpha value is -1.90. The van der Waals surface area contributed by atoms with Crippen molar-refractivity contribution in [1.29, 1.82) is 0 Å². The number of amides is 2. The van der Waals surface area contributed by atoms with Crippen LogP contribution in [0.4, 0.5) is 5.69 Å².